The van der Waals surface area contributed by atoms with E-state index in [9.17, 15) is 18.0 Å². The molecule has 0 aliphatic heterocycles. The Balaban J connectivity index is 2.38. The molecule has 0 aliphatic carbocycles. The van der Waals surface area contributed by atoms with Crippen LogP contribution in [0.25, 0.3) is 0 Å². The van der Waals surface area contributed by atoms with Crippen LogP contribution in [0.3, 0.4) is 0 Å². The maximum absolute atomic E-state index is 13.4. The number of sulfone groups is 1. The molecule has 2 aromatic rings. The van der Waals surface area contributed by atoms with Crippen LogP contribution in [0.4, 0.5) is 4.79 Å². The van der Waals surface area contributed by atoms with Gasteiger partial charge in [-0.15, -0.1) is 0 Å². The van der Waals surface area contributed by atoms with Gasteiger partial charge in [0.1, 0.15) is 22.8 Å². The Labute approximate surface area is 205 Å². The van der Waals surface area contributed by atoms with Gasteiger partial charge in [0.25, 0.3) is 0 Å². The highest BCUT2D eigenvalue weighted by Crippen LogP contribution is 2.33. The SMILES string of the molecule is CCOC(=O)OC(C)Oc1c(C(=O)c2ccc(S(C)(=O)=O)c(OCCOC(C)C)c2C)cnn1C. The molecule has 1 aromatic heterocycles. The van der Waals surface area contributed by atoms with Gasteiger partial charge in [0.05, 0.1) is 25.5 Å². The van der Waals surface area contributed by atoms with Crippen LogP contribution in [0.15, 0.2) is 23.2 Å². The lowest BCUT2D eigenvalue weighted by Crippen LogP contribution is -2.23. The first-order valence-corrected chi connectivity index (χ1v) is 12.9. The first kappa shape index (κ1) is 28.1. The van der Waals surface area contributed by atoms with Gasteiger partial charge in [-0.05, 0) is 39.8 Å². The maximum atomic E-state index is 13.4. The molecule has 0 saturated heterocycles. The molecule has 0 fully saturated rings. The van der Waals surface area contributed by atoms with Crippen molar-refractivity contribution >= 4 is 21.8 Å². The molecular formula is C23H32N2O9S. The number of hydrogen-bond donors (Lipinski definition) is 0. The zero-order valence-corrected chi connectivity index (χ0v) is 21.8. The third-order valence-electron chi connectivity index (χ3n) is 4.73. The average Bonchev–Trinajstić information content (AvgIpc) is 3.10. The summed E-state index contributed by atoms with van der Waals surface area (Å²) in [6.07, 6.45) is 0.394. The highest BCUT2D eigenvalue weighted by molar-refractivity contribution is 7.90. The number of ketones is 1. The Kier molecular flexibility index (Phi) is 9.66. The van der Waals surface area contributed by atoms with Gasteiger partial charge < -0.3 is 23.7 Å². The minimum Gasteiger partial charge on any atom is -0.490 e. The molecule has 0 radical (unpaired) electrons. The maximum Gasteiger partial charge on any atom is 0.511 e. The van der Waals surface area contributed by atoms with Gasteiger partial charge in [-0.1, -0.05) is 0 Å². The molecule has 194 valence electrons. The van der Waals surface area contributed by atoms with Crippen LogP contribution in [0.2, 0.25) is 0 Å². The number of hydrogen-bond acceptors (Lipinski definition) is 10. The van der Waals surface area contributed by atoms with E-state index in [0.717, 1.165) is 6.26 Å². The van der Waals surface area contributed by atoms with Crippen molar-refractivity contribution in [3.63, 3.8) is 0 Å². The van der Waals surface area contributed by atoms with Crippen LogP contribution < -0.4 is 9.47 Å². The Morgan fingerprint density at radius 1 is 1.11 bits per heavy atom. The predicted octanol–water partition coefficient (Wildman–Crippen LogP) is 3.06. The molecule has 12 heteroatoms. The molecule has 0 amide bonds. The van der Waals surface area contributed by atoms with Crippen molar-refractivity contribution in [1.82, 2.24) is 9.78 Å². The Hall–Kier alpha value is -3.12. The Morgan fingerprint density at radius 2 is 1.80 bits per heavy atom. The summed E-state index contributed by atoms with van der Waals surface area (Å²) in [6, 6.07) is 2.75. The number of aromatic nitrogens is 2. The molecule has 1 atom stereocenters. The number of ether oxygens (including phenoxy) is 5. The number of rotatable bonds is 12. The fourth-order valence-corrected chi connectivity index (χ4v) is 4.01. The van der Waals surface area contributed by atoms with E-state index >= 15 is 0 Å². The van der Waals surface area contributed by atoms with Gasteiger partial charge in [-0.3, -0.25) is 4.79 Å². The third kappa shape index (κ3) is 7.43. The molecule has 35 heavy (non-hydrogen) atoms. The topological polar surface area (TPSA) is 132 Å². The predicted molar refractivity (Wildman–Crippen MR) is 126 cm³/mol. The number of carbonyl (C=O) groups is 2. The lowest BCUT2D eigenvalue weighted by Gasteiger charge is -2.18. The summed E-state index contributed by atoms with van der Waals surface area (Å²) >= 11 is 0. The van der Waals surface area contributed by atoms with Gasteiger partial charge in [0.2, 0.25) is 12.2 Å². The summed E-state index contributed by atoms with van der Waals surface area (Å²) in [7, 11) is -2.07. The van der Waals surface area contributed by atoms with Crippen LogP contribution in [0.5, 0.6) is 11.6 Å². The number of carbonyl (C=O) groups excluding carboxylic acids is 2. The van der Waals surface area contributed by atoms with Crippen LogP contribution >= 0.6 is 0 Å². The second-order valence-corrected chi connectivity index (χ2v) is 9.89. The monoisotopic (exact) mass is 512 g/mol. The van der Waals surface area contributed by atoms with Crippen LogP contribution in [-0.4, -0.2) is 68.6 Å². The summed E-state index contributed by atoms with van der Waals surface area (Å²) in [4.78, 5) is 25.0. The molecule has 1 unspecified atom stereocenters. The molecule has 2 rings (SSSR count). The number of aryl methyl sites for hydroxylation is 1. The van der Waals surface area contributed by atoms with Crippen LogP contribution in [0.1, 0.15) is 49.2 Å². The van der Waals surface area contributed by atoms with Crippen molar-refractivity contribution in [2.75, 3.05) is 26.1 Å². The van der Waals surface area contributed by atoms with Crippen molar-refractivity contribution in [2.45, 2.75) is 51.9 Å². The molecule has 11 nitrogen and oxygen atoms in total. The van der Waals surface area contributed by atoms with E-state index < -0.39 is 28.1 Å². The van der Waals surface area contributed by atoms with Gasteiger partial charge in [0.15, 0.2) is 15.6 Å². The molecule has 1 aromatic carbocycles. The average molecular weight is 513 g/mol. The van der Waals surface area contributed by atoms with E-state index in [1.807, 2.05) is 13.8 Å². The highest BCUT2D eigenvalue weighted by Gasteiger charge is 2.27. The fraction of sp³-hybridized carbons (Fsp3) is 0.522. The van der Waals surface area contributed by atoms with Gasteiger partial charge in [0, 0.05) is 31.4 Å². The summed E-state index contributed by atoms with van der Waals surface area (Å²) in [5.74, 6) is -0.334. The van der Waals surface area contributed by atoms with E-state index in [-0.39, 0.29) is 53.6 Å². The quantitative estimate of drug-likeness (QED) is 0.181. The highest BCUT2D eigenvalue weighted by atomic mass is 32.2. The molecule has 0 bridgehead atoms. The molecule has 1 heterocycles. The molecule has 0 saturated carbocycles. The Bertz CT molecular complexity index is 1160. The van der Waals surface area contributed by atoms with E-state index in [1.54, 1.807) is 20.9 Å². The van der Waals surface area contributed by atoms with Crippen LogP contribution in [0, 0.1) is 6.92 Å². The first-order chi connectivity index (χ1) is 16.4. The van der Waals surface area contributed by atoms with Crippen molar-refractivity contribution in [3.05, 3.63) is 35.0 Å². The van der Waals surface area contributed by atoms with Gasteiger partial charge in [-0.2, -0.15) is 5.10 Å². The zero-order chi connectivity index (χ0) is 26.3. The van der Waals surface area contributed by atoms with Crippen LogP contribution in [-0.2, 0) is 31.1 Å². The summed E-state index contributed by atoms with van der Waals surface area (Å²) < 4.78 is 52.6. The molecule has 0 aliphatic rings. The normalized spacial score (nSPS) is 12.3. The number of benzene rings is 1. The molecule has 0 N–H and O–H groups in total. The van der Waals surface area contributed by atoms with Gasteiger partial charge >= 0.3 is 6.16 Å². The van der Waals surface area contributed by atoms with E-state index in [1.165, 1.54) is 29.9 Å². The summed E-state index contributed by atoms with van der Waals surface area (Å²) in [5.41, 5.74) is 0.637. The van der Waals surface area contributed by atoms with Gasteiger partial charge in [-0.25, -0.2) is 17.9 Å². The van der Waals surface area contributed by atoms with Crippen molar-refractivity contribution < 1.29 is 41.7 Å². The van der Waals surface area contributed by atoms with E-state index in [4.69, 9.17) is 23.7 Å². The lowest BCUT2D eigenvalue weighted by molar-refractivity contribution is -0.0555. The van der Waals surface area contributed by atoms with Crippen molar-refractivity contribution in [3.8, 4) is 11.6 Å². The first-order valence-electron chi connectivity index (χ1n) is 11.0. The minimum absolute atomic E-state index is 0.0128. The standard InChI is InChI=1S/C23H32N2O9S/c1-8-30-23(27)34-16(5)33-22-18(13-24-25(22)6)20(26)17-9-10-19(35(7,28)29)21(15(17)4)32-12-11-31-14(2)3/h9-10,13-14,16H,8,11-12H2,1-7H3. The number of nitrogens with zero attached hydrogens (tertiary/aromatic N) is 2. The van der Waals surface area contributed by atoms with E-state index in [0.29, 0.717) is 5.56 Å². The third-order valence-corrected chi connectivity index (χ3v) is 5.85. The van der Waals surface area contributed by atoms with Crippen molar-refractivity contribution in [1.29, 1.82) is 0 Å². The largest absolute Gasteiger partial charge is 0.511 e. The summed E-state index contributed by atoms with van der Waals surface area (Å²) in [6.45, 7) is 8.94. The fourth-order valence-electron chi connectivity index (χ4n) is 3.15. The summed E-state index contributed by atoms with van der Waals surface area (Å²) in [5, 5.41) is 4.07. The van der Waals surface area contributed by atoms with E-state index in [2.05, 4.69) is 5.10 Å². The molecular weight excluding hydrogens is 480 g/mol. The smallest absolute Gasteiger partial charge is 0.490 e. The zero-order valence-electron chi connectivity index (χ0n) is 21.0. The lowest BCUT2D eigenvalue weighted by atomic mass is 10.00. The van der Waals surface area contributed by atoms with Crippen molar-refractivity contribution in [2.24, 2.45) is 7.05 Å². The second kappa shape index (κ2) is 12.0. The molecule has 0 spiro atoms. The minimum atomic E-state index is -3.63. The Morgan fingerprint density at radius 3 is 2.40 bits per heavy atom. The second-order valence-electron chi connectivity index (χ2n) is 7.91.